The van der Waals surface area contributed by atoms with Crippen LogP contribution in [0.15, 0.2) is 18.2 Å². The van der Waals surface area contributed by atoms with Crippen molar-refractivity contribution in [2.45, 2.75) is 45.9 Å². The number of hydrogen-bond donors (Lipinski definition) is 1. The van der Waals surface area contributed by atoms with Crippen molar-refractivity contribution >= 4 is 17.4 Å². The Bertz CT molecular complexity index is 445. The smallest absolute Gasteiger partial charge is 0.0396 e. The lowest BCUT2D eigenvalue weighted by Gasteiger charge is -2.34. The number of aryl methyl sites for hydroxylation is 1. The first-order valence-electron chi connectivity index (χ1n) is 8.27. The average molecular weight is 307 g/mol. The molecular weight excluding hydrogens is 276 g/mol. The first-order valence-corrected chi connectivity index (χ1v) is 9.31. The van der Waals surface area contributed by atoms with Crippen LogP contribution in [0, 0.1) is 12.8 Å². The lowest BCUT2D eigenvalue weighted by molar-refractivity contribution is 0.552. The summed E-state index contributed by atoms with van der Waals surface area (Å²) in [6.07, 6.45) is 1.28. The third-order valence-corrected chi connectivity index (χ3v) is 5.45. The molecule has 1 saturated heterocycles. The number of thioether (sulfide) groups is 1. The largest absolute Gasteiger partial charge is 0.369 e. The molecule has 1 aromatic carbocycles. The van der Waals surface area contributed by atoms with Gasteiger partial charge in [0.05, 0.1) is 0 Å². The number of hydrogen-bond acceptors (Lipinski definition) is 3. The Morgan fingerprint density at radius 3 is 2.86 bits per heavy atom. The summed E-state index contributed by atoms with van der Waals surface area (Å²) in [5.74, 6) is 1.97. The summed E-state index contributed by atoms with van der Waals surface area (Å²) in [7, 11) is 0. The summed E-state index contributed by atoms with van der Waals surface area (Å²) in [4.78, 5) is 2.57. The maximum atomic E-state index is 3.53. The van der Waals surface area contributed by atoms with Crippen LogP contribution in [0.5, 0.6) is 0 Å². The van der Waals surface area contributed by atoms with Gasteiger partial charge in [-0.25, -0.2) is 0 Å². The quantitative estimate of drug-likeness (QED) is 0.853. The van der Waals surface area contributed by atoms with Crippen LogP contribution in [0.1, 0.15) is 38.3 Å². The van der Waals surface area contributed by atoms with Gasteiger partial charge >= 0.3 is 0 Å². The fourth-order valence-corrected chi connectivity index (χ4v) is 4.05. The zero-order chi connectivity index (χ0) is 15.2. The molecule has 1 aliphatic rings. The predicted molar refractivity (Wildman–Crippen MR) is 96.5 cm³/mol. The highest BCUT2D eigenvalue weighted by atomic mass is 32.2. The first-order chi connectivity index (χ1) is 10.1. The minimum atomic E-state index is 0.710. The van der Waals surface area contributed by atoms with Gasteiger partial charge in [0.2, 0.25) is 0 Å². The molecule has 118 valence electrons. The monoisotopic (exact) mass is 306 g/mol. The summed E-state index contributed by atoms with van der Waals surface area (Å²) in [5, 5.41) is 4.32. The third kappa shape index (κ3) is 4.93. The van der Waals surface area contributed by atoms with Crippen molar-refractivity contribution in [1.82, 2.24) is 5.32 Å². The van der Waals surface area contributed by atoms with Gasteiger partial charge in [-0.05, 0) is 43.0 Å². The number of anilines is 1. The van der Waals surface area contributed by atoms with E-state index in [1.807, 2.05) is 0 Å². The van der Waals surface area contributed by atoms with Crippen molar-refractivity contribution in [2.75, 3.05) is 30.3 Å². The molecule has 1 atom stereocenters. The first kappa shape index (κ1) is 16.7. The molecule has 0 spiro atoms. The molecule has 0 amide bonds. The van der Waals surface area contributed by atoms with Crippen molar-refractivity contribution in [1.29, 1.82) is 0 Å². The normalized spacial score (nSPS) is 19.3. The Morgan fingerprint density at radius 2 is 2.19 bits per heavy atom. The second-order valence-electron chi connectivity index (χ2n) is 6.49. The molecule has 2 nitrogen and oxygen atoms in total. The molecule has 1 fully saturated rings. The molecule has 2 rings (SSSR count). The highest BCUT2D eigenvalue weighted by Crippen LogP contribution is 2.28. The van der Waals surface area contributed by atoms with E-state index in [2.05, 4.69) is 67.9 Å². The molecule has 1 N–H and O–H groups in total. The molecule has 0 bridgehead atoms. The fourth-order valence-electron chi connectivity index (χ4n) is 2.87. The molecule has 0 aromatic heterocycles. The van der Waals surface area contributed by atoms with Gasteiger partial charge in [0.15, 0.2) is 0 Å². The van der Waals surface area contributed by atoms with Gasteiger partial charge in [0.25, 0.3) is 0 Å². The zero-order valence-electron chi connectivity index (χ0n) is 14.0. The van der Waals surface area contributed by atoms with Gasteiger partial charge in [-0.1, -0.05) is 32.9 Å². The summed E-state index contributed by atoms with van der Waals surface area (Å²) in [6.45, 7) is 13.5. The van der Waals surface area contributed by atoms with Gasteiger partial charge in [-0.2, -0.15) is 11.8 Å². The minimum Gasteiger partial charge on any atom is -0.369 e. The van der Waals surface area contributed by atoms with Crippen molar-refractivity contribution in [3.8, 4) is 0 Å². The Labute approximate surface area is 134 Å². The Kier molecular flexibility index (Phi) is 6.43. The molecular formula is C18H30N2S. The van der Waals surface area contributed by atoms with E-state index in [0.29, 0.717) is 5.92 Å². The van der Waals surface area contributed by atoms with Crippen molar-refractivity contribution < 1.29 is 0 Å². The second-order valence-corrected chi connectivity index (χ2v) is 7.90. The lowest BCUT2D eigenvalue weighted by atomic mass is 10.1. The van der Waals surface area contributed by atoms with Crippen molar-refractivity contribution in [3.05, 3.63) is 29.3 Å². The molecule has 1 aliphatic heterocycles. The van der Waals surface area contributed by atoms with Crippen LogP contribution in [0.2, 0.25) is 0 Å². The number of benzene rings is 1. The Hall–Kier alpha value is -0.670. The maximum Gasteiger partial charge on any atom is 0.0396 e. The zero-order valence-corrected chi connectivity index (χ0v) is 14.8. The van der Waals surface area contributed by atoms with E-state index < -0.39 is 0 Å². The van der Waals surface area contributed by atoms with Crippen LogP contribution < -0.4 is 10.2 Å². The molecule has 21 heavy (non-hydrogen) atoms. The Balaban J connectivity index is 1.98. The minimum absolute atomic E-state index is 0.710. The van der Waals surface area contributed by atoms with Crippen molar-refractivity contribution in [2.24, 2.45) is 5.92 Å². The van der Waals surface area contributed by atoms with Gasteiger partial charge in [0, 0.05) is 36.3 Å². The average Bonchev–Trinajstić information content (AvgIpc) is 2.47. The summed E-state index contributed by atoms with van der Waals surface area (Å²) in [5.41, 5.74) is 4.25. The molecule has 1 heterocycles. The van der Waals surface area contributed by atoms with Crippen LogP contribution in [0.3, 0.4) is 0 Å². The Morgan fingerprint density at radius 1 is 1.38 bits per heavy atom. The third-order valence-electron chi connectivity index (χ3n) is 4.08. The van der Waals surface area contributed by atoms with E-state index in [1.165, 1.54) is 42.1 Å². The summed E-state index contributed by atoms with van der Waals surface area (Å²) in [6, 6.07) is 6.97. The van der Waals surface area contributed by atoms with E-state index in [-0.39, 0.29) is 0 Å². The van der Waals surface area contributed by atoms with E-state index >= 15 is 0 Å². The second kappa shape index (κ2) is 8.09. The van der Waals surface area contributed by atoms with E-state index in [0.717, 1.165) is 18.3 Å². The molecule has 3 heteroatoms. The van der Waals surface area contributed by atoms with Crippen LogP contribution in [0.25, 0.3) is 0 Å². The predicted octanol–water partition coefficient (Wildman–Crippen LogP) is 4.07. The standard InChI is InChI=1S/C18H30N2S/c1-5-17-13-20(8-9-21-17)18-7-6-16(10-15(18)4)12-19-11-14(2)3/h6-7,10,14,17,19H,5,8-9,11-13H2,1-4H3. The molecule has 1 unspecified atom stereocenters. The van der Waals surface area contributed by atoms with Gasteiger partial charge in [-0.15, -0.1) is 0 Å². The number of rotatable bonds is 6. The maximum absolute atomic E-state index is 3.53. The van der Waals surface area contributed by atoms with E-state index in [9.17, 15) is 0 Å². The SMILES string of the molecule is CCC1CN(c2ccc(CNCC(C)C)cc2C)CCS1. The highest BCUT2D eigenvalue weighted by molar-refractivity contribution is 8.00. The van der Waals surface area contributed by atoms with E-state index in [4.69, 9.17) is 0 Å². The molecule has 0 radical (unpaired) electrons. The molecule has 0 saturated carbocycles. The van der Waals surface area contributed by atoms with Gasteiger partial charge in [-0.3, -0.25) is 0 Å². The van der Waals surface area contributed by atoms with Gasteiger partial charge < -0.3 is 10.2 Å². The number of nitrogens with one attached hydrogen (secondary N) is 1. The van der Waals surface area contributed by atoms with Crippen LogP contribution in [-0.2, 0) is 6.54 Å². The summed E-state index contributed by atoms with van der Waals surface area (Å²) < 4.78 is 0. The lowest BCUT2D eigenvalue weighted by Crippen LogP contribution is -2.38. The summed E-state index contributed by atoms with van der Waals surface area (Å²) >= 11 is 2.13. The van der Waals surface area contributed by atoms with Crippen LogP contribution >= 0.6 is 11.8 Å². The molecule has 0 aliphatic carbocycles. The fraction of sp³-hybridized carbons (Fsp3) is 0.667. The van der Waals surface area contributed by atoms with Crippen molar-refractivity contribution in [3.63, 3.8) is 0 Å². The molecule has 1 aromatic rings. The van der Waals surface area contributed by atoms with E-state index in [1.54, 1.807) is 0 Å². The number of nitrogens with zero attached hydrogens (tertiary/aromatic N) is 1. The topological polar surface area (TPSA) is 15.3 Å². The van der Waals surface area contributed by atoms with Crippen LogP contribution in [0.4, 0.5) is 5.69 Å². The highest BCUT2D eigenvalue weighted by Gasteiger charge is 2.20. The van der Waals surface area contributed by atoms with Gasteiger partial charge in [0.1, 0.15) is 0 Å². The van der Waals surface area contributed by atoms with Crippen LogP contribution in [-0.4, -0.2) is 30.6 Å².